The number of benzene rings is 2. The Morgan fingerprint density at radius 1 is 1.12 bits per heavy atom. The fourth-order valence-electron chi connectivity index (χ4n) is 4.54. The standard InChI is InChI=1S/C27H30N4O2S/c1-17-8-9-19(3)22(14-17)29-27(32)31-12-10-20(11-13-31)26-28-24(16-34-26)23-15-25(33-30-23)21-7-5-4-6-18(21)2/h4-9,14-16,20,25,30H,10-13H2,1-3H3,(H,29,32). The van der Waals surface area contributed by atoms with Crippen molar-refractivity contribution in [2.75, 3.05) is 18.4 Å². The highest BCUT2D eigenvalue weighted by atomic mass is 32.1. The number of likely N-dealkylation sites (tertiary alicyclic amines) is 1. The minimum atomic E-state index is -0.111. The topological polar surface area (TPSA) is 66.5 Å². The summed E-state index contributed by atoms with van der Waals surface area (Å²) in [5, 5.41) is 6.31. The minimum Gasteiger partial charge on any atom is -0.324 e. The fourth-order valence-corrected chi connectivity index (χ4v) is 5.53. The van der Waals surface area contributed by atoms with Crippen LogP contribution in [0.3, 0.4) is 0 Å². The Morgan fingerprint density at radius 2 is 1.91 bits per heavy atom. The number of anilines is 1. The molecule has 1 unspecified atom stereocenters. The van der Waals surface area contributed by atoms with Gasteiger partial charge >= 0.3 is 6.03 Å². The highest BCUT2D eigenvalue weighted by Crippen LogP contribution is 2.34. The lowest BCUT2D eigenvalue weighted by atomic mass is 9.98. The molecule has 2 aromatic carbocycles. The Bertz CT molecular complexity index is 1230. The van der Waals surface area contributed by atoms with Crippen molar-refractivity contribution in [1.29, 1.82) is 0 Å². The minimum absolute atomic E-state index is 0.0216. The van der Waals surface area contributed by atoms with Gasteiger partial charge in [0.05, 0.1) is 16.4 Å². The van der Waals surface area contributed by atoms with Crippen LogP contribution in [0.5, 0.6) is 0 Å². The normalized spacial score (nSPS) is 18.5. The third kappa shape index (κ3) is 4.72. The quantitative estimate of drug-likeness (QED) is 0.480. The molecule has 34 heavy (non-hydrogen) atoms. The van der Waals surface area contributed by atoms with E-state index in [0.717, 1.165) is 64.7 Å². The second kappa shape index (κ2) is 9.60. The van der Waals surface area contributed by atoms with Gasteiger partial charge in [-0.3, -0.25) is 10.3 Å². The van der Waals surface area contributed by atoms with Crippen LogP contribution in [0.1, 0.15) is 57.8 Å². The van der Waals surface area contributed by atoms with E-state index < -0.39 is 0 Å². The van der Waals surface area contributed by atoms with Crippen molar-refractivity contribution in [3.8, 4) is 0 Å². The Labute approximate surface area is 204 Å². The molecule has 2 aliphatic rings. The molecular formula is C27H30N4O2S. The van der Waals surface area contributed by atoms with Gasteiger partial charge in [-0.25, -0.2) is 9.78 Å². The molecule has 2 aliphatic heterocycles. The van der Waals surface area contributed by atoms with Crippen LogP contribution in [0.25, 0.3) is 5.70 Å². The summed E-state index contributed by atoms with van der Waals surface area (Å²) < 4.78 is 0. The highest BCUT2D eigenvalue weighted by molar-refractivity contribution is 7.09. The Kier molecular flexibility index (Phi) is 6.39. The van der Waals surface area contributed by atoms with Crippen molar-refractivity contribution in [3.05, 3.63) is 86.9 Å². The van der Waals surface area contributed by atoms with E-state index in [1.54, 1.807) is 11.3 Å². The van der Waals surface area contributed by atoms with E-state index in [9.17, 15) is 4.79 Å². The molecular weight excluding hydrogens is 444 g/mol. The molecule has 7 heteroatoms. The zero-order valence-corrected chi connectivity index (χ0v) is 20.6. The lowest BCUT2D eigenvalue weighted by Gasteiger charge is -2.31. The van der Waals surface area contributed by atoms with E-state index in [1.165, 1.54) is 5.56 Å². The van der Waals surface area contributed by atoms with Gasteiger partial charge < -0.3 is 10.2 Å². The number of piperidine rings is 1. The molecule has 0 saturated carbocycles. The first-order valence-corrected chi connectivity index (χ1v) is 12.6. The average Bonchev–Trinajstić information content (AvgIpc) is 3.52. The van der Waals surface area contributed by atoms with Crippen molar-refractivity contribution in [2.24, 2.45) is 0 Å². The molecule has 1 saturated heterocycles. The van der Waals surface area contributed by atoms with Gasteiger partial charge in [0.25, 0.3) is 0 Å². The molecule has 6 nitrogen and oxygen atoms in total. The van der Waals surface area contributed by atoms with E-state index in [2.05, 4.69) is 47.4 Å². The molecule has 2 N–H and O–H groups in total. The SMILES string of the molecule is Cc1ccc(C)c(NC(=O)N2CCC(c3nc(C4=CC(c5ccccc5C)ON4)cs3)CC2)c1. The Morgan fingerprint density at radius 3 is 2.71 bits per heavy atom. The van der Waals surface area contributed by atoms with Crippen LogP contribution in [-0.2, 0) is 4.84 Å². The summed E-state index contributed by atoms with van der Waals surface area (Å²) >= 11 is 1.69. The van der Waals surface area contributed by atoms with Crippen LogP contribution in [-0.4, -0.2) is 29.0 Å². The zero-order chi connectivity index (χ0) is 23.7. The van der Waals surface area contributed by atoms with Crippen LogP contribution in [0.15, 0.2) is 53.9 Å². The second-order valence-electron chi connectivity index (χ2n) is 9.16. The van der Waals surface area contributed by atoms with E-state index >= 15 is 0 Å². The van der Waals surface area contributed by atoms with Gasteiger partial charge in [-0.2, -0.15) is 0 Å². The zero-order valence-electron chi connectivity index (χ0n) is 19.8. The molecule has 0 spiro atoms. The Balaban J connectivity index is 1.19. The number of amides is 2. The molecule has 1 aromatic heterocycles. The molecule has 0 radical (unpaired) electrons. The number of hydroxylamine groups is 1. The Hall–Kier alpha value is -3.16. The number of urea groups is 1. The molecule has 3 heterocycles. The summed E-state index contributed by atoms with van der Waals surface area (Å²) in [5.41, 5.74) is 10.4. The van der Waals surface area contributed by atoms with Gasteiger partial charge in [0.1, 0.15) is 6.10 Å². The van der Waals surface area contributed by atoms with Crippen LogP contribution in [0, 0.1) is 20.8 Å². The summed E-state index contributed by atoms with van der Waals surface area (Å²) in [5.74, 6) is 0.374. The molecule has 0 bridgehead atoms. The maximum Gasteiger partial charge on any atom is 0.321 e. The molecule has 3 aromatic rings. The van der Waals surface area contributed by atoms with Crippen LogP contribution in [0.4, 0.5) is 10.5 Å². The number of thiazole rings is 1. The first-order chi connectivity index (χ1) is 16.5. The van der Waals surface area contributed by atoms with Crippen LogP contribution in [0.2, 0.25) is 0 Å². The lowest BCUT2D eigenvalue weighted by Crippen LogP contribution is -2.40. The average molecular weight is 475 g/mol. The number of hydrogen-bond donors (Lipinski definition) is 2. The third-order valence-electron chi connectivity index (χ3n) is 6.67. The molecule has 0 aliphatic carbocycles. The molecule has 5 rings (SSSR count). The van der Waals surface area contributed by atoms with Crippen molar-refractivity contribution in [2.45, 2.75) is 45.6 Å². The van der Waals surface area contributed by atoms with Crippen LogP contribution < -0.4 is 10.8 Å². The summed E-state index contributed by atoms with van der Waals surface area (Å²) in [6.07, 6.45) is 3.82. The van der Waals surface area contributed by atoms with Gasteiger partial charge in [-0.1, -0.05) is 36.4 Å². The van der Waals surface area contributed by atoms with E-state index in [4.69, 9.17) is 9.82 Å². The number of aryl methyl sites for hydroxylation is 3. The summed E-state index contributed by atoms with van der Waals surface area (Å²) in [7, 11) is 0. The lowest BCUT2D eigenvalue weighted by molar-refractivity contribution is 0.0506. The smallest absolute Gasteiger partial charge is 0.321 e. The highest BCUT2D eigenvalue weighted by Gasteiger charge is 2.27. The van der Waals surface area contributed by atoms with Crippen molar-refractivity contribution < 1.29 is 9.63 Å². The van der Waals surface area contributed by atoms with Gasteiger partial charge in [0, 0.05) is 30.1 Å². The molecule has 1 fully saturated rings. The maximum absolute atomic E-state index is 12.8. The molecule has 176 valence electrons. The number of aromatic nitrogens is 1. The first-order valence-electron chi connectivity index (χ1n) is 11.8. The summed E-state index contributed by atoms with van der Waals surface area (Å²) in [6.45, 7) is 7.62. The maximum atomic E-state index is 12.8. The fraction of sp³-hybridized carbons (Fsp3) is 0.333. The first kappa shape index (κ1) is 22.6. The largest absolute Gasteiger partial charge is 0.324 e. The van der Waals surface area contributed by atoms with Crippen molar-refractivity contribution >= 4 is 28.8 Å². The number of rotatable bonds is 4. The van der Waals surface area contributed by atoms with E-state index in [-0.39, 0.29) is 12.1 Å². The third-order valence-corrected chi connectivity index (χ3v) is 7.68. The molecule has 2 amide bonds. The van der Waals surface area contributed by atoms with Crippen molar-refractivity contribution in [1.82, 2.24) is 15.4 Å². The van der Waals surface area contributed by atoms with Crippen LogP contribution >= 0.6 is 11.3 Å². The van der Waals surface area contributed by atoms with Crippen molar-refractivity contribution in [3.63, 3.8) is 0 Å². The van der Waals surface area contributed by atoms with Gasteiger partial charge in [0.15, 0.2) is 0 Å². The second-order valence-corrected chi connectivity index (χ2v) is 10.0. The van der Waals surface area contributed by atoms with Gasteiger partial charge in [-0.15, -0.1) is 11.3 Å². The molecule has 1 atom stereocenters. The van der Waals surface area contributed by atoms with Gasteiger partial charge in [0.2, 0.25) is 0 Å². The summed E-state index contributed by atoms with van der Waals surface area (Å²) in [4.78, 5) is 25.4. The predicted molar refractivity (Wildman–Crippen MR) is 137 cm³/mol. The van der Waals surface area contributed by atoms with E-state index in [0.29, 0.717) is 5.92 Å². The summed E-state index contributed by atoms with van der Waals surface area (Å²) in [6, 6.07) is 14.4. The van der Waals surface area contributed by atoms with E-state index in [1.807, 2.05) is 43.0 Å². The number of carbonyl (C=O) groups is 1. The number of nitrogens with one attached hydrogen (secondary N) is 2. The predicted octanol–water partition coefficient (Wildman–Crippen LogP) is 6.10. The number of carbonyl (C=O) groups excluding carboxylic acids is 1. The monoisotopic (exact) mass is 474 g/mol. The number of hydrogen-bond acceptors (Lipinski definition) is 5. The van der Waals surface area contributed by atoms with Gasteiger partial charge in [-0.05, 0) is 68.0 Å². The number of nitrogens with zero attached hydrogens (tertiary/aromatic N) is 2.